The first-order chi connectivity index (χ1) is 10.6. The quantitative estimate of drug-likeness (QED) is 0.568. The molecule has 1 amide bonds. The minimum absolute atomic E-state index is 0.0138. The maximum absolute atomic E-state index is 12.7. The van der Waals surface area contributed by atoms with Gasteiger partial charge in [-0.3, -0.25) is 9.78 Å². The van der Waals surface area contributed by atoms with Crippen LogP contribution in [0, 0.1) is 0 Å². The number of carboxylic acids is 1. The van der Waals surface area contributed by atoms with E-state index in [4.69, 9.17) is 5.73 Å². The van der Waals surface area contributed by atoms with E-state index < -0.39 is 37.9 Å². The smallest absolute Gasteiger partial charge is 0.328 e. The number of carbonyl (C=O) groups excluding carboxylic acids is 1. The molecule has 0 unspecified atom stereocenters. The Morgan fingerprint density at radius 3 is 2.70 bits per heavy atom. The zero-order chi connectivity index (χ0) is 17.2. The molecule has 2 fully saturated rings. The van der Waals surface area contributed by atoms with Crippen molar-refractivity contribution in [2.75, 3.05) is 5.73 Å². The van der Waals surface area contributed by atoms with Gasteiger partial charge in [0.25, 0.3) is 5.91 Å². The SMILES string of the molecule is CC1(C)[C@H](C(=O)O)N2C(=O)C(=Cc3cc(N)ccn3)[C@H]2S1(=O)=O. The van der Waals surface area contributed by atoms with Crippen LogP contribution >= 0.6 is 0 Å². The fraction of sp³-hybridized carbons (Fsp3) is 0.357. The predicted octanol–water partition coefficient (Wildman–Crippen LogP) is -0.124. The molecule has 9 heteroatoms. The predicted molar refractivity (Wildman–Crippen MR) is 81.7 cm³/mol. The molecule has 3 heterocycles. The van der Waals surface area contributed by atoms with Crippen LogP contribution < -0.4 is 5.73 Å². The number of aromatic nitrogens is 1. The van der Waals surface area contributed by atoms with Crippen molar-refractivity contribution < 1.29 is 23.1 Å². The zero-order valence-corrected chi connectivity index (χ0v) is 13.2. The van der Waals surface area contributed by atoms with Gasteiger partial charge >= 0.3 is 5.97 Å². The lowest BCUT2D eigenvalue weighted by atomic mass is 9.95. The van der Waals surface area contributed by atoms with Crippen molar-refractivity contribution in [3.05, 3.63) is 29.6 Å². The van der Waals surface area contributed by atoms with Crippen molar-refractivity contribution in [1.29, 1.82) is 0 Å². The molecule has 23 heavy (non-hydrogen) atoms. The zero-order valence-electron chi connectivity index (χ0n) is 12.4. The second kappa shape index (κ2) is 4.54. The third-order valence-electron chi connectivity index (χ3n) is 4.31. The number of nitrogen functional groups attached to an aromatic ring is 1. The molecule has 2 aliphatic rings. The summed E-state index contributed by atoms with van der Waals surface area (Å²) in [6.07, 6.45) is 2.79. The second-order valence-electron chi connectivity index (χ2n) is 6.07. The molecule has 0 spiro atoms. The Morgan fingerprint density at radius 2 is 2.13 bits per heavy atom. The van der Waals surface area contributed by atoms with Crippen LogP contribution in [0.1, 0.15) is 19.5 Å². The number of sulfone groups is 1. The van der Waals surface area contributed by atoms with E-state index in [9.17, 15) is 23.1 Å². The number of hydrogen-bond donors (Lipinski definition) is 2. The molecule has 0 saturated carbocycles. The van der Waals surface area contributed by atoms with E-state index in [0.717, 1.165) is 4.90 Å². The van der Waals surface area contributed by atoms with E-state index in [-0.39, 0.29) is 5.57 Å². The number of fused-ring (bicyclic) bond motifs is 1. The van der Waals surface area contributed by atoms with Crippen molar-refractivity contribution in [2.24, 2.45) is 0 Å². The van der Waals surface area contributed by atoms with Crippen LogP contribution in [0.3, 0.4) is 0 Å². The molecule has 2 saturated heterocycles. The number of β-lactam (4-membered cyclic amide) rings is 1. The number of pyridine rings is 1. The van der Waals surface area contributed by atoms with Crippen molar-refractivity contribution in [3.63, 3.8) is 0 Å². The molecule has 1 aromatic rings. The molecule has 2 atom stereocenters. The normalized spacial score (nSPS) is 29.2. The number of rotatable bonds is 2. The lowest BCUT2D eigenvalue weighted by Crippen LogP contribution is -2.58. The van der Waals surface area contributed by atoms with Crippen molar-refractivity contribution in [3.8, 4) is 0 Å². The molecule has 1 aromatic heterocycles. The van der Waals surface area contributed by atoms with Crippen LogP contribution in [0.25, 0.3) is 6.08 Å². The van der Waals surface area contributed by atoms with E-state index in [1.807, 2.05) is 0 Å². The Morgan fingerprint density at radius 1 is 1.48 bits per heavy atom. The van der Waals surface area contributed by atoms with Crippen LogP contribution in [0.5, 0.6) is 0 Å². The van der Waals surface area contributed by atoms with Gasteiger partial charge in [0.05, 0.1) is 11.3 Å². The van der Waals surface area contributed by atoms with Crippen LogP contribution in [0.4, 0.5) is 5.69 Å². The molecular weight excluding hydrogens is 322 g/mol. The van der Waals surface area contributed by atoms with Gasteiger partial charge in [-0.2, -0.15) is 0 Å². The first kappa shape index (κ1) is 15.5. The van der Waals surface area contributed by atoms with Gasteiger partial charge in [0.15, 0.2) is 21.3 Å². The fourth-order valence-electron chi connectivity index (χ4n) is 3.05. The van der Waals surface area contributed by atoms with Gasteiger partial charge in [0.2, 0.25) is 0 Å². The molecule has 3 rings (SSSR count). The fourth-order valence-corrected chi connectivity index (χ4v) is 5.17. The van der Waals surface area contributed by atoms with Crippen molar-refractivity contribution in [1.82, 2.24) is 9.88 Å². The summed E-state index contributed by atoms with van der Waals surface area (Å²) in [4.78, 5) is 28.7. The molecule has 3 N–H and O–H groups in total. The number of amides is 1. The molecule has 0 aromatic carbocycles. The minimum atomic E-state index is -3.88. The highest BCUT2D eigenvalue weighted by Crippen LogP contribution is 2.48. The standard InChI is InChI=1S/C14H15N3O5S/c1-14(2)10(13(19)20)17-11(18)9(12(17)23(14,21)22)6-8-5-7(15)3-4-16-8/h3-6,10,12H,1-2H3,(H2,15,16)(H,19,20)/t10-,12+/m0/s1. The number of carbonyl (C=O) groups is 2. The minimum Gasteiger partial charge on any atom is -0.480 e. The van der Waals surface area contributed by atoms with E-state index >= 15 is 0 Å². The highest BCUT2D eigenvalue weighted by Gasteiger charge is 2.70. The van der Waals surface area contributed by atoms with Crippen molar-refractivity contribution >= 4 is 33.5 Å². The largest absolute Gasteiger partial charge is 0.480 e. The Kier molecular flexibility index (Phi) is 3.06. The third kappa shape index (κ3) is 1.89. The van der Waals surface area contributed by atoms with Crippen LogP contribution in [0.15, 0.2) is 23.9 Å². The lowest BCUT2D eigenvalue weighted by Gasteiger charge is -2.37. The monoisotopic (exact) mass is 337 g/mol. The summed E-state index contributed by atoms with van der Waals surface area (Å²) in [5.74, 6) is -1.95. The van der Waals surface area contributed by atoms with E-state index in [2.05, 4.69) is 4.98 Å². The van der Waals surface area contributed by atoms with Gasteiger partial charge in [0.1, 0.15) is 4.75 Å². The number of aliphatic carboxylic acids is 1. The Hall–Kier alpha value is -2.42. The Bertz CT molecular complexity index is 859. The molecule has 2 aliphatic heterocycles. The lowest BCUT2D eigenvalue weighted by molar-refractivity contribution is -0.152. The second-order valence-corrected chi connectivity index (χ2v) is 8.66. The van der Waals surface area contributed by atoms with Gasteiger partial charge < -0.3 is 15.7 Å². The van der Waals surface area contributed by atoms with E-state index in [1.165, 1.54) is 32.2 Å². The highest BCUT2D eigenvalue weighted by atomic mass is 32.2. The van der Waals surface area contributed by atoms with Gasteiger partial charge in [0, 0.05) is 11.9 Å². The first-order valence-electron chi connectivity index (χ1n) is 6.81. The molecule has 8 nitrogen and oxygen atoms in total. The van der Waals surface area contributed by atoms with E-state index in [1.54, 1.807) is 6.07 Å². The summed E-state index contributed by atoms with van der Waals surface area (Å²) < 4.78 is 23.8. The van der Waals surface area contributed by atoms with Gasteiger partial charge in [-0.15, -0.1) is 0 Å². The number of nitrogens with two attached hydrogens (primary N) is 1. The van der Waals surface area contributed by atoms with Crippen molar-refractivity contribution in [2.45, 2.75) is 30.0 Å². The number of carboxylic acid groups (broad SMARTS) is 1. The maximum Gasteiger partial charge on any atom is 0.328 e. The number of anilines is 1. The number of nitrogens with zero attached hydrogens (tertiary/aromatic N) is 2. The Balaban J connectivity index is 2.10. The first-order valence-corrected chi connectivity index (χ1v) is 8.35. The summed E-state index contributed by atoms with van der Waals surface area (Å²) in [6, 6.07) is 1.66. The summed E-state index contributed by atoms with van der Waals surface area (Å²) in [5.41, 5.74) is 6.42. The summed E-state index contributed by atoms with van der Waals surface area (Å²) in [5, 5.41) is 8.07. The Labute approximate surface area is 132 Å². The molecule has 122 valence electrons. The van der Waals surface area contributed by atoms with Gasteiger partial charge in [-0.05, 0) is 32.1 Å². The molecule has 0 radical (unpaired) electrons. The average molecular weight is 337 g/mol. The summed E-state index contributed by atoms with van der Waals surface area (Å²) in [7, 11) is -3.88. The van der Waals surface area contributed by atoms with E-state index in [0.29, 0.717) is 11.4 Å². The van der Waals surface area contributed by atoms with Gasteiger partial charge in [-0.1, -0.05) is 0 Å². The van der Waals surface area contributed by atoms with Crippen LogP contribution in [-0.4, -0.2) is 51.4 Å². The van der Waals surface area contributed by atoms with Gasteiger partial charge in [-0.25, -0.2) is 13.2 Å². The molecular formula is C14H15N3O5S. The maximum atomic E-state index is 12.7. The van der Waals surface area contributed by atoms with Crippen LogP contribution in [0.2, 0.25) is 0 Å². The average Bonchev–Trinajstić information content (AvgIpc) is 2.58. The summed E-state index contributed by atoms with van der Waals surface area (Å²) in [6.45, 7) is 2.65. The highest BCUT2D eigenvalue weighted by molar-refractivity contribution is 7.94. The summed E-state index contributed by atoms with van der Waals surface area (Å²) >= 11 is 0. The van der Waals surface area contributed by atoms with Crippen LogP contribution in [-0.2, 0) is 19.4 Å². The third-order valence-corrected chi connectivity index (χ3v) is 7.07. The number of hydrogen-bond acceptors (Lipinski definition) is 6. The molecule has 0 aliphatic carbocycles. The topological polar surface area (TPSA) is 131 Å². The molecule has 0 bridgehead atoms.